The summed E-state index contributed by atoms with van der Waals surface area (Å²) in [6.45, 7) is 4.05. The van der Waals surface area contributed by atoms with E-state index in [1.165, 1.54) is 0 Å². The van der Waals surface area contributed by atoms with Crippen molar-refractivity contribution in [1.82, 2.24) is 0 Å². The molecule has 0 aromatic heterocycles. The van der Waals surface area contributed by atoms with Gasteiger partial charge in [-0.25, -0.2) is 0 Å². The topological polar surface area (TPSA) is 0 Å². The van der Waals surface area contributed by atoms with Crippen LogP contribution in [0.25, 0.3) is 0 Å². The number of halogens is 6. The fraction of sp³-hybridized carbons (Fsp3) is 0.750. The molecule has 0 radical (unpaired) electrons. The summed E-state index contributed by atoms with van der Waals surface area (Å²) >= 11 is 22.0. The maximum atomic E-state index is 4.05. The molecular weight excluding hydrogens is 604 g/mol. The second kappa shape index (κ2) is 8.86. The van der Waals surface area contributed by atoms with E-state index in [1.807, 2.05) is 0 Å². The predicted octanol–water partition coefficient (Wildman–Crippen LogP) is 5.25. The summed E-state index contributed by atoms with van der Waals surface area (Å²) < 4.78 is 1.35. The van der Waals surface area contributed by atoms with Gasteiger partial charge in [-0.05, 0) is 0 Å². The minimum atomic E-state index is -1.71. The molecule has 0 rings (SSSR count). The Labute approximate surface area is 143 Å². The lowest BCUT2D eigenvalue weighted by Crippen LogP contribution is -2.60. The molecule has 0 saturated heterocycles. The molecule has 0 aromatic carbocycles. The van der Waals surface area contributed by atoms with Crippen molar-refractivity contribution in [1.29, 1.82) is 0 Å². The third-order valence-corrected chi connectivity index (χ3v) is 21.4. The number of alkyl halides is 6. The van der Waals surface area contributed by atoms with Crippen LogP contribution < -0.4 is 0 Å². The van der Waals surface area contributed by atoms with Crippen molar-refractivity contribution < 1.29 is 0 Å². The molecule has 0 saturated carbocycles. The van der Waals surface area contributed by atoms with Crippen LogP contribution >= 0.6 is 95.6 Å². The Kier molecular flexibility index (Phi) is 10.5. The largest absolute Gasteiger partial charge is 0.121 e. The van der Waals surface area contributed by atoms with Crippen molar-refractivity contribution >= 4 is 104 Å². The van der Waals surface area contributed by atoms with Gasteiger partial charge in [-0.15, -0.1) is 6.58 Å². The molecule has 0 aliphatic rings. The lowest BCUT2D eigenvalue weighted by molar-refractivity contribution is 1.18. The van der Waals surface area contributed by atoms with Crippen LogP contribution in [-0.4, -0.2) is 37.4 Å². The third kappa shape index (κ3) is 4.16. The summed E-state index contributed by atoms with van der Waals surface area (Å²) in [6, 6.07) is 0. The molecule has 0 fully saturated rings. The Bertz CT molecular complexity index is 173. The van der Waals surface area contributed by atoms with E-state index in [4.69, 9.17) is 0 Å². The highest BCUT2D eigenvalue weighted by molar-refractivity contribution is 9.14. The van der Waals surface area contributed by atoms with E-state index in [0.717, 1.165) is 16.0 Å². The van der Waals surface area contributed by atoms with E-state index < -0.39 is 8.07 Å². The molecule has 90 valence electrons. The van der Waals surface area contributed by atoms with Gasteiger partial charge in [-0.2, -0.15) is 0 Å². The zero-order chi connectivity index (χ0) is 12.1. The van der Waals surface area contributed by atoms with Gasteiger partial charge in [0, 0.05) is 29.3 Å². The van der Waals surface area contributed by atoms with Crippen molar-refractivity contribution in [3.05, 3.63) is 12.3 Å². The van der Waals surface area contributed by atoms with Gasteiger partial charge in [0.15, 0.2) is 0 Å². The van der Waals surface area contributed by atoms with E-state index in [2.05, 4.69) is 108 Å². The Morgan fingerprint density at radius 3 is 1.27 bits per heavy atom. The number of hydrogen-bond acceptors (Lipinski definition) is 0. The summed E-state index contributed by atoms with van der Waals surface area (Å²) in [4.78, 5) is 0. The SMILES string of the molecule is C=C[Si](C(Br)CBr)(C(Br)CBr)C(Br)CBr. The van der Waals surface area contributed by atoms with E-state index in [1.54, 1.807) is 0 Å². The first-order chi connectivity index (χ1) is 7.00. The minimum Gasteiger partial charge on any atom is -0.107 e. The number of rotatable bonds is 7. The predicted molar refractivity (Wildman–Crippen MR) is 95.5 cm³/mol. The van der Waals surface area contributed by atoms with Crippen molar-refractivity contribution in [2.24, 2.45) is 0 Å². The van der Waals surface area contributed by atoms with Crippen molar-refractivity contribution in [3.8, 4) is 0 Å². The summed E-state index contributed by atoms with van der Waals surface area (Å²) in [6.07, 6.45) is 0. The molecule has 0 aliphatic heterocycles. The Morgan fingerprint density at radius 2 is 1.13 bits per heavy atom. The Morgan fingerprint density at radius 1 is 0.867 bits per heavy atom. The van der Waals surface area contributed by atoms with Crippen molar-refractivity contribution in [2.45, 2.75) is 13.4 Å². The molecular formula is C8H12Br6Si. The van der Waals surface area contributed by atoms with E-state index in [-0.39, 0.29) is 0 Å². The first kappa shape index (κ1) is 17.8. The van der Waals surface area contributed by atoms with Crippen molar-refractivity contribution in [3.63, 3.8) is 0 Å². The fourth-order valence-corrected chi connectivity index (χ4v) is 19.8. The van der Waals surface area contributed by atoms with Gasteiger partial charge in [0.1, 0.15) is 8.07 Å². The molecule has 0 N–H and O–H groups in total. The second-order valence-electron chi connectivity index (χ2n) is 3.07. The van der Waals surface area contributed by atoms with E-state index >= 15 is 0 Å². The standard InChI is InChI=1S/C8H12Br6Si/c1-2-15(6(12)3-9,7(13)4-10)8(14)5-11/h2,6-8H,1,3-5H2. The third-order valence-electron chi connectivity index (χ3n) is 2.39. The van der Waals surface area contributed by atoms with E-state index in [9.17, 15) is 0 Å². The van der Waals surface area contributed by atoms with Crippen LogP contribution in [0.2, 0.25) is 0 Å². The smallest absolute Gasteiger partial charge is 0.107 e. The van der Waals surface area contributed by atoms with Crippen LogP contribution in [0.5, 0.6) is 0 Å². The molecule has 0 spiro atoms. The molecule has 0 aliphatic carbocycles. The number of hydrogen-bond donors (Lipinski definition) is 0. The van der Waals surface area contributed by atoms with Crippen LogP contribution in [-0.2, 0) is 0 Å². The summed E-state index contributed by atoms with van der Waals surface area (Å²) in [5, 5.41) is 2.82. The van der Waals surface area contributed by atoms with Gasteiger partial charge in [-0.3, -0.25) is 0 Å². The maximum Gasteiger partial charge on any atom is 0.121 e. The average Bonchev–Trinajstić information content (AvgIpc) is 2.29. The Balaban J connectivity index is 5.18. The second-order valence-corrected chi connectivity index (χ2v) is 15.4. The lowest BCUT2D eigenvalue weighted by atomic mass is 10.9. The highest BCUT2D eigenvalue weighted by Crippen LogP contribution is 2.35. The molecule has 15 heavy (non-hydrogen) atoms. The molecule has 0 heterocycles. The van der Waals surface area contributed by atoms with Gasteiger partial charge in [0.05, 0.1) is 0 Å². The molecule has 0 bridgehead atoms. The normalized spacial score (nSPS) is 21.5. The first-order valence-electron chi connectivity index (χ1n) is 4.24. The molecule has 7 heteroatoms. The summed E-state index contributed by atoms with van der Waals surface area (Å²) in [5.74, 6) is 0. The zero-order valence-corrected chi connectivity index (χ0v) is 18.4. The van der Waals surface area contributed by atoms with Gasteiger partial charge in [0.25, 0.3) is 0 Å². The van der Waals surface area contributed by atoms with Gasteiger partial charge in [-0.1, -0.05) is 101 Å². The average molecular weight is 616 g/mol. The van der Waals surface area contributed by atoms with Gasteiger partial charge < -0.3 is 0 Å². The fourth-order valence-electron chi connectivity index (χ4n) is 1.37. The Hall–Kier alpha value is 2.84. The monoisotopic (exact) mass is 610 g/mol. The van der Waals surface area contributed by atoms with Gasteiger partial charge in [0.2, 0.25) is 0 Å². The highest BCUT2D eigenvalue weighted by atomic mass is 79.9. The lowest BCUT2D eigenvalue weighted by Gasteiger charge is -2.39. The summed E-state index contributed by atoms with van der Waals surface area (Å²) in [5.41, 5.74) is 2.16. The van der Waals surface area contributed by atoms with Crippen LogP contribution in [0.3, 0.4) is 0 Å². The summed E-state index contributed by atoms with van der Waals surface area (Å²) in [7, 11) is -1.71. The molecule has 0 amide bonds. The van der Waals surface area contributed by atoms with Crippen LogP contribution in [0, 0.1) is 0 Å². The molecule has 3 unspecified atom stereocenters. The van der Waals surface area contributed by atoms with Gasteiger partial charge >= 0.3 is 0 Å². The van der Waals surface area contributed by atoms with Crippen molar-refractivity contribution in [2.75, 3.05) is 16.0 Å². The quantitative estimate of drug-likeness (QED) is 0.271. The molecule has 3 atom stereocenters. The van der Waals surface area contributed by atoms with Crippen LogP contribution in [0.1, 0.15) is 0 Å². The highest BCUT2D eigenvalue weighted by Gasteiger charge is 2.47. The minimum absolute atomic E-state index is 0.450. The van der Waals surface area contributed by atoms with Crippen LogP contribution in [0.4, 0.5) is 0 Å². The zero-order valence-electron chi connectivity index (χ0n) is 7.91. The van der Waals surface area contributed by atoms with E-state index in [0.29, 0.717) is 13.4 Å². The first-order valence-corrected chi connectivity index (χ1v) is 12.7. The maximum absolute atomic E-state index is 4.05. The van der Waals surface area contributed by atoms with Crippen LogP contribution in [0.15, 0.2) is 12.3 Å². The molecule has 0 nitrogen and oxygen atoms in total. The molecule has 0 aromatic rings.